The molecular weight excluding hydrogens is 330 g/mol. The molecule has 0 amide bonds. The van der Waals surface area contributed by atoms with E-state index in [9.17, 15) is 30.3 Å². The number of hydrogen-bond donors (Lipinski definition) is 1. The molecule has 0 saturated carbocycles. The monoisotopic (exact) mass is 337 g/mol. The SMILES string of the molecule is O=[N+]([O-])c1ccc(N/N=C\c2ccc([N+](=O)[O-])s2)c([N+](=O)[O-])c1. The van der Waals surface area contributed by atoms with E-state index in [-0.39, 0.29) is 10.7 Å². The van der Waals surface area contributed by atoms with E-state index >= 15 is 0 Å². The molecule has 2 rings (SSSR count). The molecule has 12 heteroatoms. The predicted octanol–water partition coefficient (Wildman–Crippen LogP) is 2.92. The molecule has 2 aromatic rings. The summed E-state index contributed by atoms with van der Waals surface area (Å²) in [6, 6.07) is 5.84. The Balaban J connectivity index is 2.18. The van der Waals surface area contributed by atoms with Crippen molar-refractivity contribution in [3.63, 3.8) is 0 Å². The van der Waals surface area contributed by atoms with Gasteiger partial charge >= 0.3 is 10.7 Å². The Morgan fingerprint density at radius 2 is 1.74 bits per heavy atom. The topological polar surface area (TPSA) is 154 Å². The minimum Gasteiger partial charge on any atom is -0.272 e. The molecule has 0 radical (unpaired) electrons. The summed E-state index contributed by atoms with van der Waals surface area (Å²) in [5, 5.41) is 35.8. The molecule has 0 spiro atoms. The molecule has 118 valence electrons. The fourth-order valence-electron chi connectivity index (χ4n) is 1.55. The molecular formula is C11H7N5O6S. The lowest BCUT2D eigenvalue weighted by atomic mass is 10.2. The van der Waals surface area contributed by atoms with Crippen LogP contribution in [0.3, 0.4) is 0 Å². The van der Waals surface area contributed by atoms with Crippen molar-refractivity contribution in [3.8, 4) is 0 Å². The quantitative estimate of drug-likeness (QED) is 0.482. The Bertz CT molecular complexity index is 817. The average molecular weight is 337 g/mol. The van der Waals surface area contributed by atoms with Crippen LogP contribution in [0.2, 0.25) is 0 Å². The summed E-state index contributed by atoms with van der Waals surface area (Å²) >= 11 is 0.881. The van der Waals surface area contributed by atoms with Crippen molar-refractivity contribution >= 4 is 39.6 Å². The van der Waals surface area contributed by atoms with Crippen molar-refractivity contribution in [2.45, 2.75) is 0 Å². The third-order valence-corrected chi connectivity index (χ3v) is 3.53. The highest BCUT2D eigenvalue weighted by Gasteiger charge is 2.19. The van der Waals surface area contributed by atoms with Crippen LogP contribution in [-0.4, -0.2) is 21.0 Å². The lowest BCUT2D eigenvalue weighted by Crippen LogP contribution is -1.98. The second-order valence-corrected chi connectivity index (χ2v) is 5.11. The highest BCUT2D eigenvalue weighted by Crippen LogP contribution is 2.29. The van der Waals surface area contributed by atoms with Crippen LogP contribution in [0.5, 0.6) is 0 Å². The Labute approximate surface area is 131 Å². The van der Waals surface area contributed by atoms with Crippen LogP contribution >= 0.6 is 11.3 Å². The maximum absolute atomic E-state index is 10.9. The average Bonchev–Trinajstić information content (AvgIpc) is 2.96. The summed E-state index contributed by atoms with van der Waals surface area (Å²) in [6.07, 6.45) is 1.25. The first-order valence-electron chi connectivity index (χ1n) is 5.84. The van der Waals surface area contributed by atoms with Gasteiger partial charge in [0.05, 0.1) is 31.9 Å². The lowest BCUT2D eigenvalue weighted by molar-refractivity contribution is -0.393. The molecule has 0 unspecified atom stereocenters. The molecule has 0 saturated heterocycles. The highest BCUT2D eigenvalue weighted by molar-refractivity contribution is 7.16. The van der Waals surface area contributed by atoms with Crippen LogP contribution in [0, 0.1) is 30.3 Å². The minimum absolute atomic E-state index is 0.0390. The number of non-ortho nitro benzene ring substituents is 1. The summed E-state index contributed by atoms with van der Waals surface area (Å²) in [5.74, 6) is 0. The number of hydrogen-bond acceptors (Lipinski definition) is 9. The number of nitro benzene ring substituents is 2. The molecule has 1 aromatic heterocycles. The first kappa shape index (κ1) is 16.0. The third kappa shape index (κ3) is 3.82. The smallest absolute Gasteiger partial charge is 0.272 e. The number of anilines is 1. The Morgan fingerprint density at radius 1 is 1.00 bits per heavy atom. The van der Waals surface area contributed by atoms with Crippen molar-refractivity contribution in [1.82, 2.24) is 0 Å². The zero-order valence-corrected chi connectivity index (χ0v) is 11.9. The van der Waals surface area contributed by atoms with Gasteiger partial charge in [0.15, 0.2) is 0 Å². The van der Waals surface area contributed by atoms with Gasteiger partial charge < -0.3 is 0 Å². The zero-order chi connectivity index (χ0) is 17.0. The van der Waals surface area contributed by atoms with E-state index in [0.29, 0.717) is 4.88 Å². The lowest BCUT2D eigenvalue weighted by Gasteiger charge is -2.01. The van der Waals surface area contributed by atoms with E-state index in [2.05, 4.69) is 10.5 Å². The number of benzene rings is 1. The van der Waals surface area contributed by atoms with Gasteiger partial charge in [0.1, 0.15) is 5.69 Å². The molecule has 1 N–H and O–H groups in total. The van der Waals surface area contributed by atoms with Crippen molar-refractivity contribution < 1.29 is 14.8 Å². The second kappa shape index (κ2) is 6.57. The number of rotatable bonds is 6. The molecule has 0 aliphatic rings. The number of nitrogens with zero attached hydrogens (tertiary/aromatic N) is 4. The molecule has 0 aliphatic heterocycles. The van der Waals surface area contributed by atoms with Crippen LogP contribution in [0.4, 0.5) is 22.1 Å². The molecule has 0 bridgehead atoms. The van der Waals surface area contributed by atoms with Crippen LogP contribution in [-0.2, 0) is 0 Å². The molecule has 23 heavy (non-hydrogen) atoms. The fraction of sp³-hybridized carbons (Fsp3) is 0. The maximum atomic E-state index is 10.9. The molecule has 1 heterocycles. The minimum atomic E-state index is -0.777. The summed E-state index contributed by atoms with van der Waals surface area (Å²) in [4.78, 5) is 30.5. The summed E-state index contributed by atoms with van der Waals surface area (Å²) in [5.41, 5.74) is 1.43. The van der Waals surface area contributed by atoms with E-state index in [1.165, 1.54) is 18.3 Å². The Hall–Kier alpha value is -3.41. The summed E-state index contributed by atoms with van der Waals surface area (Å²) in [6.45, 7) is 0. The van der Waals surface area contributed by atoms with Crippen LogP contribution in [0.15, 0.2) is 35.4 Å². The predicted molar refractivity (Wildman–Crippen MR) is 81.9 cm³/mol. The maximum Gasteiger partial charge on any atom is 0.324 e. The van der Waals surface area contributed by atoms with Crippen molar-refractivity contribution in [2.75, 3.05) is 5.43 Å². The van der Waals surface area contributed by atoms with Gasteiger partial charge in [0.2, 0.25) is 0 Å². The van der Waals surface area contributed by atoms with Gasteiger partial charge in [-0.25, -0.2) is 0 Å². The van der Waals surface area contributed by atoms with Crippen molar-refractivity contribution in [1.29, 1.82) is 0 Å². The van der Waals surface area contributed by atoms with Gasteiger partial charge in [-0.2, -0.15) is 5.10 Å². The van der Waals surface area contributed by atoms with Gasteiger partial charge in [-0.1, -0.05) is 11.3 Å². The van der Waals surface area contributed by atoms with Gasteiger partial charge in [-0.15, -0.1) is 0 Å². The molecule has 0 aliphatic carbocycles. The standard InChI is InChI=1S/C11H7N5O6S/c17-14(18)7-1-3-9(10(5-7)15(19)20)13-12-6-8-2-4-11(23-8)16(21)22/h1-6,13H/b12-6-. The van der Waals surface area contributed by atoms with Gasteiger partial charge in [-0.3, -0.25) is 35.8 Å². The molecule has 11 nitrogen and oxygen atoms in total. The summed E-state index contributed by atoms with van der Waals surface area (Å²) < 4.78 is 0. The van der Waals surface area contributed by atoms with Crippen LogP contribution in [0.1, 0.15) is 4.88 Å². The van der Waals surface area contributed by atoms with Crippen LogP contribution in [0.25, 0.3) is 0 Å². The largest absolute Gasteiger partial charge is 0.324 e. The third-order valence-electron chi connectivity index (χ3n) is 2.56. The summed E-state index contributed by atoms with van der Waals surface area (Å²) in [7, 11) is 0. The zero-order valence-electron chi connectivity index (χ0n) is 11.1. The molecule has 1 aromatic carbocycles. The van der Waals surface area contributed by atoms with E-state index in [4.69, 9.17) is 0 Å². The van der Waals surface area contributed by atoms with E-state index in [1.807, 2.05) is 0 Å². The Morgan fingerprint density at radius 3 is 2.30 bits per heavy atom. The van der Waals surface area contributed by atoms with E-state index < -0.39 is 26.1 Å². The van der Waals surface area contributed by atoms with Gasteiger partial charge in [-0.05, 0) is 12.1 Å². The normalized spacial score (nSPS) is 10.6. The first-order chi connectivity index (χ1) is 10.9. The highest BCUT2D eigenvalue weighted by atomic mass is 32.1. The Kier molecular flexibility index (Phi) is 4.56. The molecule has 0 fully saturated rings. The number of nitro groups is 3. The first-order valence-corrected chi connectivity index (χ1v) is 6.66. The second-order valence-electron chi connectivity index (χ2n) is 4.02. The van der Waals surface area contributed by atoms with E-state index in [1.54, 1.807) is 0 Å². The fourth-order valence-corrected chi connectivity index (χ4v) is 2.25. The van der Waals surface area contributed by atoms with Crippen LogP contribution < -0.4 is 5.43 Å². The number of thiophene rings is 1. The number of nitrogens with one attached hydrogen (secondary N) is 1. The van der Waals surface area contributed by atoms with E-state index in [0.717, 1.165) is 29.5 Å². The van der Waals surface area contributed by atoms with Crippen molar-refractivity contribution in [3.05, 3.63) is 65.6 Å². The van der Waals surface area contributed by atoms with Crippen molar-refractivity contribution in [2.24, 2.45) is 5.10 Å². The van der Waals surface area contributed by atoms with Gasteiger partial charge in [0, 0.05) is 12.1 Å². The number of hydrazone groups is 1. The van der Waals surface area contributed by atoms with Gasteiger partial charge in [0.25, 0.3) is 5.69 Å². The molecule has 0 atom stereocenters.